The predicted octanol–water partition coefficient (Wildman–Crippen LogP) is 2.91. The van der Waals surface area contributed by atoms with Gasteiger partial charge in [-0.3, -0.25) is 9.52 Å². The van der Waals surface area contributed by atoms with Crippen molar-refractivity contribution in [1.82, 2.24) is 8.61 Å². The van der Waals surface area contributed by atoms with Crippen molar-refractivity contribution >= 4 is 49.1 Å². The van der Waals surface area contributed by atoms with Crippen molar-refractivity contribution in [3.8, 4) is 0 Å². The third-order valence-corrected chi connectivity index (χ3v) is 9.05. The summed E-state index contributed by atoms with van der Waals surface area (Å²) < 4.78 is 54.9. The zero-order valence-electron chi connectivity index (χ0n) is 18.6. The number of nitrogens with zero attached hydrogens (tertiary/aromatic N) is 2. The molecule has 12 heteroatoms. The minimum absolute atomic E-state index is 0.0436. The third-order valence-electron chi connectivity index (χ3n) is 5.49. The van der Waals surface area contributed by atoms with Crippen LogP contribution in [-0.4, -0.2) is 58.5 Å². The van der Waals surface area contributed by atoms with Gasteiger partial charge in [-0.1, -0.05) is 17.7 Å². The standard InChI is InChI=1S/C21H27ClN4O5S2/c1-15-4-5-17(22)14-20(15)24-32(28,29)19-8-6-18(7-9-19)23-21(27)16-10-12-26(13-11-16)33(30,31)25(2)3/h4-9,14,16,24H,10-13H2,1-3H3,(H,23,27). The molecule has 1 saturated heterocycles. The molecule has 0 aliphatic carbocycles. The van der Waals surface area contributed by atoms with Gasteiger partial charge in [0.25, 0.3) is 20.2 Å². The first-order valence-electron chi connectivity index (χ1n) is 10.3. The number of hydrogen-bond acceptors (Lipinski definition) is 5. The molecular weight excluding hydrogens is 488 g/mol. The Bertz CT molecular complexity index is 1220. The van der Waals surface area contributed by atoms with Crippen LogP contribution in [0.2, 0.25) is 5.02 Å². The van der Waals surface area contributed by atoms with Crippen LogP contribution in [0.15, 0.2) is 47.4 Å². The molecule has 0 atom stereocenters. The number of carbonyl (C=O) groups is 1. The van der Waals surface area contributed by atoms with Gasteiger partial charge in [0.2, 0.25) is 5.91 Å². The van der Waals surface area contributed by atoms with Crippen LogP contribution in [0, 0.1) is 12.8 Å². The van der Waals surface area contributed by atoms with Gasteiger partial charge in [0, 0.05) is 43.8 Å². The van der Waals surface area contributed by atoms with E-state index in [4.69, 9.17) is 11.6 Å². The van der Waals surface area contributed by atoms with Crippen molar-refractivity contribution in [2.24, 2.45) is 5.92 Å². The fraction of sp³-hybridized carbons (Fsp3) is 0.381. The van der Waals surface area contributed by atoms with E-state index in [2.05, 4.69) is 10.0 Å². The maximum atomic E-state index is 12.7. The Labute approximate surface area is 200 Å². The average molecular weight is 515 g/mol. The van der Waals surface area contributed by atoms with Crippen molar-refractivity contribution in [2.75, 3.05) is 37.2 Å². The highest BCUT2D eigenvalue weighted by Crippen LogP contribution is 2.25. The zero-order chi connectivity index (χ0) is 24.4. The highest BCUT2D eigenvalue weighted by atomic mass is 35.5. The lowest BCUT2D eigenvalue weighted by Crippen LogP contribution is -2.46. The van der Waals surface area contributed by atoms with E-state index >= 15 is 0 Å². The third kappa shape index (κ3) is 6.04. The van der Waals surface area contributed by atoms with E-state index in [9.17, 15) is 21.6 Å². The molecule has 2 aromatic rings. The highest BCUT2D eigenvalue weighted by Gasteiger charge is 2.32. The molecule has 3 rings (SSSR count). The molecule has 1 heterocycles. The molecule has 33 heavy (non-hydrogen) atoms. The van der Waals surface area contributed by atoms with Crippen molar-refractivity contribution < 1.29 is 21.6 Å². The van der Waals surface area contributed by atoms with E-state index in [-0.39, 0.29) is 29.8 Å². The Morgan fingerprint density at radius 3 is 2.21 bits per heavy atom. The second kappa shape index (κ2) is 9.98. The Kier molecular flexibility index (Phi) is 7.69. The molecule has 180 valence electrons. The average Bonchev–Trinajstić information content (AvgIpc) is 2.76. The van der Waals surface area contributed by atoms with Gasteiger partial charge in [0.1, 0.15) is 0 Å². The molecule has 2 aromatic carbocycles. The molecular formula is C21H27ClN4O5S2. The Morgan fingerprint density at radius 1 is 1.03 bits per heavy atom. The summed E-state index contributed by atoms with van der Waals surface area (Å²) in [5.41, 5.74) is 1.58. The molecule has 0 aromatic heterocycles. The summed E-state index contributed by atoms with van der Waals surface area (Å²) in [6, 6.07) is 10.8. The quantitative estimate of drug-likeness (QED) is 0.589. The molecule has 9 nitrogen and oxygen atoms in total. The molecule has 0 unspecified atom stereocenters. The van der Waals surface area contributed by atoms with E-state index in [0.29, 0.717) is 29.2 Å². The van der Waals surface area contributed by atoms with Gasteiger partial charge >= 0.3 is 0 Å². The summed E-state index contributed by atoms with van der Waals surface area (Å²) in [7, 11) is -4.37. The molecule has 1 aliphatic heterocycles. The second-order valence-corrected chi connectivity index (χ2v) is 12.3. The summed E-state index contributed by atoms with van der Waals surface area (Å²) >= 11 is 5.96. The monoisotopic (exact) mass is 514 g/mol. The SMILES string of the molecule is Cc1ccc(Cl)cc1NS(=O)(=O)c1ccc(NC(=O)C2CCN(S(=O)(=O)N(C)C)CC2)cc1. The van der Waals surface area contributed by atoms with Crippen molar-refractivity contribution in [2.45, 2.75) is 24.7 Å². The number of sulfonamides is 1. The van der Waals surface area contributed by atoms with E-state index in [1.54, 1.807) is 19.1 Å². The molecule has 1 amide bonds. The summed E-state index contributed by atoms with van der Waals surface area (Å²) in [4.78, 5) is 12.7. The number of carbonyl (C=O) groups excluding carboxylic acids is 1. The van der Waals surface area contributed by atoms with Crippen LogP contribution in [0.5, 0.6) is 0 Å². The first kappa shape index (κ1) is 25.4. The summed E-state index contributed by atoms with van der Waals surface area (Å²) in [6.45, 7) is 2.31. The maximum absolute atomic E-state index is 12.7. The number of aryl methyl sites for hydroxylation is 1. The number of hydrogen-bond donors (Lipinski definition) is 2. The molecule has 0 saturated carbocycles. The Hall–Kier alpha value is -2.18. The molecule has 1 aliphatic rings. The van der Waals surface area contributed by atoms with Crippen molar-refractivity contribution in [3.05, 3.63) is 53.1 Å². The fourth-order valence-corrected chi connectivity index (χ4v) is 5.88. The zero-order valence-corrected chi connectivity index (χ0v) is 21.0. The van der Waals surface area contributed by atoms with Crippen LogP contribution in [0.25, 0.3) is 0 Å². The van der Waals surface area contributed by atoms with Gasteiger partial charge < -0.3 is 5.32 Å². The van der Waals surface area contributed by atoms with Crippen LogP contribution in [0.1, 0.15) is 18.4 Å². The van der Waals surface area contributed by atoms with Crippen LogP contribution in [0.4, 0.5) is 11.4 Å². The normalized spacial score (nSPS) is 16.0. The molecule has 1 fully saturated rings. The summed E-state index contributed by atoms with van der Waals surface area (Å²) in [6.07, 6.45) is 0.822. The Balaban J connectivity index is 1.61. The molecule has 0 bridgehead atoms. The summed E-state index contributed by atoms with van der Waals surface area (Å²) in [5, 5.41) is 3.20. The lowest BCUT2D eigenvalue weighted by Gasteiger charge is -2.32. The lowest BCUT2D eigenvalue weighted by atomic mass is 9.97. The minimum Gasteiger partial charge on any atom is -0.326 e. The van der Waals surface area contributed by atoms with Gasteiger partial charge in [-0.05, 0) is 61.7 Å². The number of anilines is 2. The number of nitrogens with one attached hydrogen (secondary N) is 2. The number of halogens is 1. The van der Waals surface area contributed by atoms with E-state index in [1.165, 1.54) is 48.7 Å². The topological polar surface area (TPSA) is 116 Å². The Morgan fingerprint density at radius 2 is 1.64 bits per heavy atom. The predicted molar refractivity (Wildman–Crippen MR) is 129 cm³/mol. The van der Waals surface area contributed by atoms with Crippen LogP contribution in [-0.2, 0) is 25.0 Å². The second-order valence-electron chi connectivity index (χ2n) is 8.04. The molecule has 0 spiro atoms. The maximum Gasteiger partial charge on any atom is 0.281 e. The number of piperidine rings is 1. The first-order valence-corrected chi connectivity index (χ1v) is 13.5. The van der Waals surface area contributed by atoms with Gasteiger partial charge in [-0.15, -0.1) is 0 Å². The van der Waals surface area contributed by atoms with Crippen molar-refractivity contribution in [3.63, 3.8) is 0 Å². The minimum atomic E-state index is -3.83. The number of benzene rings is 2. The summed E-state index contributed by atoms with van der Waals surface area (Å²) in [5.74, 6) is -0.547. The van der Waals surface area contributed by atoms with E-state index < -0.39 is 20.2 Å². The smallest absolute Gasteiger partial charge is 0.281 e. The van der Waals surface area contributed by atoms with Crippen LogP contribution in [0.3, 0.4) is 0 Å². The number of rotatable bonds is 7. The molecule has 0 radical (unpaired) electrons. The van der Waals surface area contributed by atoms with Crippen molar-refractivity contribution in [1.29, 1.82) is 0 Å². The van der Waals surface area contributed by atoms with Gasteiger partial charge in [-0.2, -0.15) is 17.0 Å². The van der Waals surface area contributed by atoms with Crippen LogP contribution < -0.4 is 10.0 Å². The fourth-order valence-electron chi connectivity index (χ4n) is 3.45. The lowest BCUT2D eigenvalue weighted by molar-refractivity contribution is -0.120. The van der Waals surface area contributed by atoms with Gasteiger partial charge in [0.15, 0.2) is 0 Å². The van der Waals surface area contributed by atoms with E-state index in [1.807, 2.05) is 0 Å². The first-order chi connectivity index (χ1) is 15.4. The van der Waals surface area contributed by atoms with Gasteiger partial charge in [-0.25, -0.2) is 8.42 Å². The van der Waals surface area contributed by atoms with Gasteiger partial charge in [0.05, 0.1) is 10.6 Å². The molecule has 2 N–H and O–H groups in total. The number of amides is 1. The highest BCUT2D eigenvalue weighted by molar-refractivity contribution is 7.92. The van der Waals surface area contributed by atoms with E-state index in [0.717, 1.165) is 9.87 Å². The largest absolute Gasteiger partial charge is 0.326 e. The van der Waals surface area contributed by atoms with Crippen LogP contribution >= 0.6 is 11.6 Å².